The van der Waals surface area contributed by atoms with Gasteiger partial charge in [0.15, 0.2) is 0 Å². The van der Waals surface area contributed by atoms with E-state index in [0.717, 1.165) is 28.8 Å². The van der Waals surface area contributed by atoms with Crippen LogP contribution in [0.5, 0.6) is 0 Å². The normalized spacial score (nSPS) is 16.7. The minimum absolute atomic E-state index is 0.0742. The number of benzene rings is 3. The number of hydrogen-bond donors (Lipinski definition) is 3. The first-order chi connectivity index (χ1) is 20.3. The van der Waals surface area contributed by atoms with Crippen molar-refractivity contribution in [2.75, 3.05) is 19.7 Å². The molecule has 5 rings (SSSR count). The highest BCUT2D eigenvalue weighted by atomic mass is 16.5. The number of nitrogens with one attached hydrogen (secondary N) is 2. The molecule has 3 N–H and O–H groups in total. The van der Waals surface area contributed by atoms with Gasteiger partial charge in [-0.3, -0.25) is 9.69 Å². The van der Waals surface area contributed by atoms with E-state index in [0.29, 0.717) is 32.4 Å². The number of carbonyl (C=O) groups is 3. The van der Waals surface area contributed by atoms with Gasteiger partial charge in [0.25, 0.3) is 0 Å². The number of rotatable bonds is 10. The van der Waals surface area contributed by atoms with Crippen LogP contribution < -0.4 is 10.6 Å². The molecule has 0 bridgehead atoms. The molecular weight excluding hydrogens is 530 g/mol. The van der Waals surface area contributed by atoms with Crippen molar-refractivity contribution in [3.05, 3.63) is 95.6 Å². The molecule has 3 aromatic carbocycles. The van der Waals surface area contributed by atoms with Gasteiger partial charge in [0.05, 0.1) is 0 Å². The fourth-order valence-electron chi connectivity index (χ4n) is 6.16. The van der Waals surface area contributed by atoms with Gasteiger partial charge in [-0.15, -0.1) is 0 Å². The number of nitrogens with zero attached hydrogens (tertiary/aromatic N) is 1. The highest BCUT2D eigenvalue weighted by Gasteiger charge is 2.44. The summed E-state index contributed by atoms with van der Waals surface area (Å²) in [6, 6.07) is 25.3. The van der Waals surface area contributed by atoms with Crippen LogP contribution >= 0.6 is 0 Å². The number of piperidine rings is 1. The Balaban J connectivity index is 1.30. The highest BCUT2D eigenvalue weighted by Crippen LogP contribution is 2.44. The summed E-state index contributed by atoms with van der Waals surface area (Å²) in [7, 11) is 0. The predicted molar refractivity (Wildman–Crippen MR) is 161 cm³/mol. The van der Waals surface area contributed by atoms with Crippen LogP contribution in [0.2, 0.25) is 0 Å². The van der Waals surface area contributed by atoms with Crippen LogP contribution in [0.4, 0.5) is 4.79 Å². The van der Waals surface area contributed by atoms with Gasteiger partial charge in [0, 0.05) is 25.6 Å². The molecule has 1 atom stereocenters. The second-order valence-electron chi connectivity index (χ2n) is 11.8. The summed E-state index contributed by atoms with van der Waals surface area (Å²) in [5.41, 5.74) is 4.36. The highest BCUT2D eigenvalue weighted by molar-refractivity contribution is 5.93. The molecule has 2 amide bonds. The van der Waals surface area contributed by atoms with Gasteiger partial charge >= 0.3 is 12.1 Å². The van der Waals surface area contributed by atoms with Gasteiger partial charge in [-0.1, -0.05) is 92.7 Å². The zero-order valence-electron chi connectivity index (χ0n) is 24.2. The third kappa shape index (κ3) is 6.49. The molecule has 0 saturated carbocycles. The lowest BCUT2D eigenvalue weighted by Gasteiger charge is -2.41. The SMILES string of the molecule is CC(C)C[C@@H](NC(=O)C1(NC(=O)OCC2c3ccccc3-c3ccccc32)CCN(Cc2ccccc2)CC1)C(=O)O. The molecule has 8 nitrogen and oxygen atoms in total. The number of hydrogen-bond acceptors (Lipinski definition) is 5. The lowest BCUT2D eigenvalue weighted by Crippen LogP contribution is -2.65. The van der Waals surface area contributed by atoms with Crippen LogP contribution in [0, 0.1) is 5.92 Å². The zero-order chi connectivity index (χ0) is 29.7. The summed E-state index contributed by atoms with van der Waals surface area (Å²) in [5.74, 6) is -1.61. The second-order valence-corrected chi connectivity index (χ2v) is 11.8. The molecule has 1 aliphatic heterocycles. The van der Waals surface area contributed by atoms with Gasteiger partial charge < -0.3 is 20.5 Å². The van der Waals surface area contributed by atoms with Gasteiger partial charge in [-0.25, -0.2) is 9.59 Å². The molecule has 220 valence electrons. The quantitative estimate of drug-likeness (QED) is 0.311. The van der Waals surface area contributed by atoms with Gasteiger partial charge in [-0.2, -0.15) is 0 Å². The number of carboxylic acid groups (broad SMARTS) is 1. The number of fused-ring (bicyclic) bond motifs is 3. The first-order valence-corrected chi connectivity index (χ1v) is 14.7. The van der Waals surface area contributed by atoms with Crippen LogP contribution in [-0.2, 0) is 20.9 Å². The summed E-state index contributed by atoms with van der Waals surface area (Å²) < 4.78 is 5.80. The Kier molecular flexibility index (Phi) is 8.92. The Hall–Kier alpha value is -4.17. The molecule has 0 unspecified atom stereocenters. The largest absolute Gasteiger partial charge is 0.480 e. The van der Waals surface area contributed by atoms with Crippen molar-refractivity contribution in [3.8, 4) is 11.1 Å². The molecule has 1 fully saturated rings. The Morgan fingerprint density at radius 1 is 0.905 bits per heavy atom. The van der Waals surface area contributed by atoms with Crippen LogP contribution in [-0.4, -0.2) is 59.3 Å². The molecule has 1 aliphatic carbocycles. The Bertz CT molecular complexity index is 1370. The minimum atomic E-state index is -1.28. The average Bonchev–Trinajstić information content (AvgIpc) is 3.30. The number of likely N-dealkylation sites (tertiary alicyclic amines) is 1. The van der Waals surface area contributed by atoms with Gasteiger partial charge in [0.2, 0.25) is 5.91 Å². The van der Waals surface area contributed by atoms with Gasteiger partial charge in [0.1, 0.15) is 18.2 Å². The van der Waals surface area contributed by atoms with E-state index in [-0.39, 0.29) is 18.4 Å². The molecular formula is C34H39N3O5. The predicted octanol–water partition coefficient (Wildman–Crippen LogP) is 5.18. The Morgan fingerprint density at radius 3 is 2.05 bits per heavy atom. The molecule has 0 radical (unpaired) electrons. The average molecular weight is 570 g/mol. The standard InChI is InChI=1S/C34H39N3O5/c1-23(2)20-30(31(38)39)35-32(40)34(16-18-37(19-17-34)21-24-10-4-3-5-11-24)36-33(41)42-22-29-27-14-8-6-12-25(27)26-13-7-9-15-28(26)29/h3-15,23,29-30H,16-22H2,1-2H3,(H,35,40)(H,36,41)(H,38,39)/t30-/m1/s1. The Morgan fingerprint density at radius 2 is 1.48 bits per heavy atom. The molecule has 42 heavy (non-hydrogen) atoms. The Labute approximate surface area is 247 Å². The van der Waals surface area contributed by atoms with Crippen molar-refractivity contribution in [2.45, 2.75) is 57.2 Å². The van der Waals surface area contributed by atoms with E-state index in [4.69, 9.17) is 4.74 Å². The van der Waals surface area contributed by atoms with E-state index >= 15 is 0 Å². The van der Waals surface area contributed by atoms with Crippen molar-refractivity contribution in [1.82, 2.24) is 15.5 Å². The number of aliphatic carboxylic acids is 1. The van der Waals surface area contributed by atoms with Crippen LogP contribution in [0.1, 0.15) is 55.7 Å². The van der Waals surface area contributed by atoms with E-state index in [1.807, 2.05) is 56.3 Å². The monoisotopic (exact) mass is 569 g/mol. The third-order valence-corrected chi connectivity index (χ3v) is 8.39. The number of carbonyl (C=O) groups excluding carboxylic acids is 2. The maximum atomic E-state index is 13.7. The van der Waals surface area contributed by atoms with Crippen LogP contribution in [0.15, 0.2) is 78.9 Å². The maximum Gasteiger partial charge on any atom is 0.408 e. The molecule has 2 aliphatic rings. The smallest absolute Gasteiger partial charge is 0.408 e. The summed E-state index contributed by atoms with van der Waals surface area (Å²) >= 11 is 0. The summed E-state index contributed by atoms with van der Waals surface area (Å²) in [6.07, 6.45) is 0.287. The maximum absolute atomic E-state index is 13.7. The number of carboxylic acids is 1. The van der Waals surface area contributed by atoms with Crippen molar-refractivity contribution < 1.29 is 24.2 Å². The molecule has 3 aromatic rings. The fraction of sp³-hybridized carbons (Fsp3) is 0.382. The summed E-state index contributed by atoms with van der Waals surface area (Å²) in [4.78, 5) is 41.3. The number of amides is 2. The fourth-order valence-corrected chi connectivity index (χ4v) is 6.16. The molecule has 8 heteroatoms. The minimum Gasteiger partial charge on any atom is -0.480 e. The van der Waals surface area contributed by atoms with Gasteiger partial charge in [-0.05, 0) is 53.0 Å². The van der Waals surface area contributed by atoms with E-state index < -0.39 is 29.6 Å². The first kappa shape index (κ1) is 29.3. The summed E-state index contributed by atoms with van der Waals surface area (Å²) in [5, 5.41) is 15.4. The first-order valence-electron chi connectivity index (χ1n) is 14.7. The van der Waals surface area contributed by atoms with E-state index in [2.05, 4.69) is 51.9 Å². The lowest BCUT2D eigenvalue weighted by molar-refractivity contribution is -0.144. The molecule has 0 aromatic heterocycles. The summed E-state index contributed by atoms with van der Waals surface area (Å²) in [6.45, 7) is 5.81. The van der Waals surface area contributed by atoms with E-state index in [1.165, 1.54) is 5.56 Å². The van der Waals surface area contributed by atoms with Crippen molar-refractivity contribution >= 4 is 18.0 Å². The van der Waals surface area contributed by atoms with E-state index in [9.17, 15) is 19.5 Å². The zero-order valence-corrected chi connectivity index (χ0v) is 24.2. The van der Waals surface area contributed by atoms with Crippen molar-refractivity contribution in [2.24, 2.45) is 5.92 Å². The molecule has 0 spiro atoms. The van der Waals surface area contributed by atoms with E-state index in [1.54, 1.807) is 0 Å². The van der Waals surface area contributed by atoms with Crippen LogP contribution in [0.25, 0.3) is 11.1 Å². The molecule has 1 heterocycles. The molecule has 1 saturated heterocycles. The van der Waals surface area contributed by atoms with Crippen molar-refractivity contribution in [3.63, 3.8) is 0 Å². The number of ether oxygens (including phenoxy) is 1. The topological polar surface area (TPSA) is 108 Å². The lowest BCUT2D eigenvalue weighted by atomic mass is 9.85. The number of alkyl carbamates (subject to hydrolysis) is 1. The van der Waals surface area contributed by atoms with Crippen LogP contribution in [0.3, 0.4) is 0 Å². The second kappa shape index (κ2) is 12.8. The van der Waals surface area contributed by atoms with Crippen molar-refractivity contribution in [1.29, 1.82) is 0 Å². The third-order valence-electron chi connectivity index (χ3n) is 8.39.